The molecule has 2 rings (SSSR count). The summed E-state index contributed by atoms with van der Waals surface area (Å²) in [5, 5.41) is 10.4. The van der Waals surface area contributed by atoms with Crippen molar-refractivity contribution in [3.05, 3.63) is 47.0 Å². The minimum Gasteiger partial charge on any atom is -0.493 e. The van der Waals surface area contributed by atoms with Crippen LogP contribution in [0.15, 0.2) is 30.3 Å². The van der Waals surface area contributed by atoms with Crippen molar-refractivity contribution in [1.29, 1.82) is 5.26 Å². The van der Waals surface area contributed by atoms with E-state index in [2.05, 4.69) is 59.6 Å². The third-order valence-corrected chi connectivity index (χ3v) is 8.30. The summed E-state index contributed by atoms with van der Waals surface area (Å²) in [5.41, 5.74) is 1.55. The van der Waals surface area contributed by atoms with E-state index in [1.54, 1.807) is 28.4 Å². The largest absolute Gasteiger partial charge is 0.493 e. The van der Waals surface area contributed by atoms with Crippen LogP contribution in [0.25, 0.3) is 0 Å². The van der Waals surface area contributed by atoms with E-state index in [4.69, 9.17) is 18.9 Å². The van der Waals surface area contributed by atoms with Gasteiger partial charge in [0.2, 0.25) is 0 Å². The first-order valence-corrected chi connectivity index (χ1v) is 15.2. The molecule has 0 spiro atoms. The molecule has 1 atom stereocenters. The highest BCUT2D eigenvalue weighted by atomic mass is 16.5. The third kappa shape index (κ3) is 8.57. The van der Waals surface area contributed by atoms with Gasteiger partial charge in [0.15, 0.2) is 23.0 Å². The summed E-state index contributed by atoms with van der Waals surface area (Å²) in [6.07, 6.45) is 3.09. The van der Waals surface area contributed by atoms with Crippen molar-refractivity contribution < 1.29 is 23.7 Å². The van der Waals surface area contributed by atoms with Crippen LogP contribution in [-0.4, -0.2) is 76.4 Å². The number of hydrogen-bond acceptors (Lipinski definition) is 7. The molecule has 0 aliphatic heterocycles. The predicted molar refractivity (Wildman–Crippen MR) is 173 cm³/mol. The highest BCUT2D eigenvalue weighted by Gasteiger charge is 2.36. The monoisotopic (exact) mass is 595 g/mol. The first-order chi connectivity index (χ1) is 20.3. The molecule has 0 N–H and O–H groups in total. The second-order valence-electron chi connectivity index (χ2n) is 12.5. The van der Waals surface area contributed by atoms with Crippen LogP contribution in [0.4, 0.5) is 0 Å². The van der Waals surface area contributed by atoms with Crippen LogP contribution in [0, 0.1) is 17.2 Å². The number of carbonyl (C=O) groups excluding carboxylic acids is 1. The Morgan fingerprint density at radius 2 is 1.47 bits per heavy atom. The number of rotatable bonds is 16. The Morgan fingerprint density at radius 1 is 0.884 bits per heavy atom. The molecule has 0 aromatic heterocycles. The zero-order valence-electron chi connectivity index (χ0n) is 28.3. The van der Waals surface area contributed by atoms with Gasteiger partial charge in [-0.3, -0.25) is 4.79 Å². The van der Waals surface area contributed by atoms with Crippen molar-refractivity contribution in [2.75, 3.05) is 55.1 Å². The molecule has 2 aromatic carbocycles. The summed E-state index contributed by atoms with van der Waals surface area (Å²) in [4.78, 5) is 18.1. The maximum Gasteiger partial charge on any atom is 0.254 e. The standard InChI is InChI=1S/C35H53N3O5/c1-12-18-38(34(4,5)6)33(39)28-23-32(43-11)30(41-9)21-26(28)16-20-37(7)19-13-17-35(24-36,25(2)3)27-14-15-29(40-8)31(22-27)42-10/h14-15,21-23,25H,12-13,16-20H2,1-11H3. The SMILES string of the molecule is CCCN(C(=O)c1cc(OC)c(OC)cc1CCN(C)CCCC(C#N)(c1ccc(OC)c(OC)c1)C(C)C)C(C)(C)C. The van der Waals surface area contributed by atoms with Gasteiger partial charge in [0.05, 0.1) is 39.9 Å². The van der Waals surface area contributed by atoms with Crippen molar-refractivity contribution in [3.63, 3.8) is 0 Å². The van der Waals surface area contributed by atoms with Crippen LogP contribution in [0.1, 0.15) is 82.3 Å². The molecule has 8 nitrogen and oxygen atoms in total. The van der Waals surface area contributed by atoms with Crippen LogP contribution in [0.2, 0.25) is 0 Å². The number of carbonyl (C=O) groups is 1. The highest BCUT2D eigenvalue weighted by Crippen LogP contribution is 2.40. The first kappa shape index (κ1) is 35.8. The minimum absolute atomic E-state index is 0.00128. The van der Waals surface area contributed by atoms with Crippen molar-refractivity contribution in [3.8, 4) is 29.1 Å². The van der Waals surface area contributed by atoms with E-state index in [1.165, 1.54) is 0 Å². The van der Waals surface area contributed by atoms with Gasteiger partial charge in [-0.25, -0.2) is 0 Å². The number of nitriles is 1. The van der Waals surface area contributed by atoms with E-state index < -0.39 is 5.41 Å². The lowest BCUT2D eigenvalue weighted by molar-refractivity contribution is 0.0581. The summed E-state index contributed by atoms with van der Waals surface area (Å²) >= 11 is 0. The number of likely N-dealkylation sites (N-methyl/N-ethyl adjacent to an activating group) is 1. The Labute approximate surface area is 259 Å². The van der Waals surface area contributed by atoms with Crippen molar-refractivity contribution in [2.24, 2.45) is 5.92 Å². The molecule has 238 valence electrons. The van der Waals surface area contributed by atoms with E-state index >= 15 is 0 Å². The quantitative estimate of drug-likeness (QED) is 0.212. The van der Waals surface area contributed by atoms with E-state index in [1.807, 2.05) is 35.2 Å². The number of benzene rings is 2. The molecule has 1 amide bonds. The molecule has 0 heterocycles. The molecule has 0 bridgehead atoms. The molecule has 0 aliphatic rings. The molecule has 8 heteroatoms. The van der Waals surface area contributed by atoms with Crippen LogP contribution in [0.5, 0.6) is 23.0 Å². The molecule has 0 fully saturated rings. The molecule has 0 saturated carbocycles. The van der Waals surface area contributed by atoms with E-state index in [0.29, 0.717) is 47.9 Å². The van der Waals surface area contributed by atoms with Gasteiger partial charge in [0.25, 0.3) is 5.91 Å². The number of nitrogens with zero attached hydrogens (tertiary/aromatic N) is 3. The fourth-order valence-corrected chi connectivity index (χ4v) is 5.62. The van der Waals surface area contributed by atoms with Gasteiger partial charge < -0.3 is 28.7 Å². The maximum absolute atomic E-state index is 13.9. The zero-order chi connectivity index (χ0) is 32.4. The Hall–Kier alpha value is -3.44. The maximum atomic E-state index is 13.9. The van der Waals surface area contributed by atoms with Gasteiger partial charge in [0, 0.05) is 24.2 Å². The van der Waals surface area contributed by atoms with E-state index in [-0.39, 0.29) is 17.4 Å². The first-order valence-electron chi connectivity index (χ1n) is 15.2. The zero-order valence-corrected chi connectivity index (χ0v) is 28.3. The van der Waals surface area contributed by atoms with Crippen LogP contribution < -0.4 is 18.9 Å². The van der Waals surface area contributed by atoms with Gasteiger partial charge >= 0.3 is 0 Å². The van der Waals surface area contributed by atoms with E-state index in [0.717, 1.165) is 37.1 Å². The van der Waals surface area contributed by atoms with Crippen LogP contribution in [-0.2, 0) is 11.8 Å². The Morgan fingerprint density at radius 3 is 1.98 bits per heavy atom. The predicted octanol–water partition coefficient (Wildman–Crippen LogP) is 6.74. The Balaban J connectivity index is 2.25. The molecule has 43 heavy (non-hydrogen) atoms. The fourth-order valence-electron chi connectivity index (χ4n) is 5.62. The van der Waals surface area contributed by atoms with Crippen LogP contribution >= 0.6 is 0 Å². The third-order valence-electron chi connectivity index (χ3n) is 8.30. The normalized spacial score (nSPS) is 12.9. The van der Waals surface area contributed by atoms with Gasteiger partial charge in [-0.15, -0.1) is 0 Å². The number of hydrogen-bond donors (Lipinski definition) is 0. The summed E-state index contributed by atoms with van der Waals surface area (Å²) in [5.74, 6) is 2.54. The van der Waals surface area contributed by atoms with Gasteiger partial charge in [0.1, 0.15) is 0 Å². The molecule has 1 unspecified atom stereocenters. The van der Waals surface area contributed by atoms with Gasteiger partial charge in [-0.2, -0.15) is 5.26 Å². The second kappa shape index (κ2) is 15.9. The average molecular weight is 596 g/mol. The summed E-state index contributed by atoms with van der Waals surface area (Å²) in [6, 6.07) is 12.2. The Bertz CT molecular complexity index is 1250. The summed E-state index contributed by atoms with van der Waals surface area (Å²) in [6.45, 7) is 14.7. The summed E-state index contributed by atoms with van der Waals surface area (Å²) in [7, 11) is 8.51. The van der Waals surface area contributed by atoms with Crippen LogP contribution in [0.3, 0.4) is 0 Å². The Kier molecular flexibility index (Phi) is 13.2. The topological polar surface area (TPSA) is 84.3 Å². The molecular weight excluding hydrogens is 542 g/mol. The number of amides is 1. The molecular formula is C35H53N3O5. The number of ether oxygens (including phenoxy) is 4. The molecule has 0 aliphatic carbocycles. The minimum atomic E-state index is -0.654. The lowest BCUT2D eigenvalue weighted by Gasteiger charge is -2.36. The van der Waals surface area contributed by atoms with Crippen molar-refractivity contribution >= 4 is 5.91 Å². The molecule has 0 saturated heterocycles. The lowest BCUT2D eigenvalue weighted by atomic mass is 9.69. The highest BCUT2D eigenvalue weighted by molar-refractivity contribution is 5.97. The molecule has 0 radical (unpaired) electrons. The second-order valence-corrected chi connectivity index (χ2v) is 12.5. The van der Waals surface area contributed by atoms with E-state index in [9.17, 15) is 10.1 Å². The lowest BCUT2D eigenvalue weighted by Crippen LogP contribution is -2.46. The van der Waals surface area contributed by atoms with Crippen molar-refractivity contribution in [2.45, 2.75) is 78.2 Å². The molecule has 2 aromatic rings. The van der Waals surface area contributed by atoms with Gasteiger partial charge in [-0.1, -0.05) is 26.8 Å². The van der Waals surface area contributed by atoms with Gasteiger partial charge in [-0.05, 0) is 101 Å². The fraction of sp³-hybridized carbons (Fsp3) is 0.600. The summed E-state index contributed by atoms with van der Waals surface area (Å²) < 4.78 is 22.1. The van der Waals surface area contributed by atoms with Crippen molar-refractivity contribution in [1.82, 2.24) is 9.80 Å². The number of methoxy groups -OCH3 is 4. The smallest absolute Gasteiger partial charge is 0.254 e. The average Bonchev–Trinajstić information content (AvgIpc) is 2.99.